The molecule has 0 bridgehead atoms. The topological polar surface area (TPSA) is 26.3 Å². The van der Waals surface area contributed by atoms with Crippen molar-refractivity contribution >= 4 is 5.97 Å². The van der Waals surface area contributed by atoms with Crippen LogP contribution >= 0.6 is 0 Å². The summed E-state index contributed by atoms with van der Waals surface area (Å²) in [5.74, 6) is 0.368. The second-order valence-electron chi connectivity index (χ2n) is 8.29. The largest absolute Gasteiger partial charge is 0.432 e. The van der Waals surface area contributed by atoms with Crippen LogP contribution in [0.2, 0.25) is 0 Å². The van der Waals surface area contributed by atoms with E-state index in [9.17, 15) is 4.79 Å². The molecule has 160 valence electrons. The Balaban J connectivity index is 3.07. The van der Waals surface area contributed by atoms with Gasteiger partial charge in [-0.05, 0) is 13.3 Å². The fourth-order valence-electron chi connectivity index (χ4n) is 3.59. The molecule has 0 N–H and O–H groups in total. The minimum Gasteiger partial charge on any atom is -0.432 e. The average Bonchev–Trinajstić information content (AvgIpc) is 2.63. The third kappa shape index (κ3) is 23.2. The van der Waals surface area contributed by atoms with Gasteiger partial charge in [0.15, 0.2) is 0 Å². The van der Waals surface area contributed by atoms with Crippen molar-refractivity contribution < 1.29 is 9.53 Å². The number of hydrogen-bond acceptors (Lipinski definition) is 2. The summed E-state index contributed by atoms with van der Waals surface area (Å²) in [5.41, 5.74) is 0. The van der Waals surface area contributed by atoms with Crippen molar-refractivity contribution in [2.75, 3.05) is 0 Å². The van der Waals surface area contributed by atoms with Crippen LogP contribution in [0.15, 0.2) is 12.3 Å². The zero-order valence-corrected chi connectivity index (χ0v) is 18.7. The molecule has 0 aliphatic carbocycles. The van der Waals surface area contributed by atoms with E-state index in [2.05, 4.69) is 13.5 Å². The minimum atomic E-state index is -0.130. The Morgan fingerprint density at radius 3 is 1.19 bits per heavy atom. The van der Waals surface area contributed by atoms with Crippen LogP contribution in [0, 0.1) is 0 Å². The van der Waals surface area contributed by atoms with E-state index in [0.717, 1.165) is 12.8 Å². The summed E-state index contributed by atoms with van der Waals surface area (Å²) in [6.45, 7) is 7.59. The Bertz CT molecular complexity index is 335. The van der Waals surface area contributed by atoms with E-state index in [1.807, 2.05) is 0 Å². The second kappa shape index (κ2) is 21.5. The van der Waals surface area contributed by atoms with Gasteiger partial charge in [-0.1, -0.05) is 129 Å². The van der Waals surface area contributed by atoms with E-state index < -0.39 is 0 Å². The molecule has 0 spiro atoms. The van der Waals surface area contributed by atoms with Gasteiger partial charge in [-0.2, -0.15) is 0 Å². The van der Waals surface area contributed by atoms with Gasteiger partial charge >= 0.3 is 5.97 Å². The van der Waals surface area contributed by atoms with E-state index in [1.54, 1.807) is 6.92 Å². The van der Waals surface area contributed by atoms with Crippen molar-refractivity contribution in [2.24, 2.45) is 0 Å². The van der Waals surface area contributed by atoms with E-state index >= 15 is 0 Å². The first-order valence-electron chi connectivity index (χ1n) is 12.0. The molecule has 2 heteroatoms. The maximum Gasteiger partial charge on any atom is 0.310 e. The van der Waals surface area contributed by atoms with Crippen LogP contribution < -0.4 is 0 Å². The zero-order valence-electron chi connectivity index (χ0n) is 18.7. The van der Waals surface area contributed by atoms with E-state index in [4.69, 9.17) is 4.74 Å². The highest BCUT2D eigenvalue weighted by Crippen LogP contribution is 2.15. The number of ether oxygens (including phenoxy) is 1. The van der Waals surface area contributed by atoms with Crippen molar-refractivity contribution in [3.05, 3.63) is 12.3 Å². The summed E-state index contributed by atoms with van der Waals surface area (Å²) in [5, 5.41) is 0. The third-order valence-electron chi connectivity index (χ3n) is 5.27. The minimum absolute atomic E-state index is 0.130. The van der Waals surface area contributed by atoms with Gasteiger partial charge in [-0.15, -0.1) is 0 Å². The maximum atomic E-state index is 11.4. The van der Waals surface area contributed by atoms with Crippen LogP contribution in [0.5, 0.6) is 0 Å². The number of hydrogen-bond donors (Lipinski definition) is 0. The lowest BCUT2D eigenvalue weighted by molar-refractivity contribution is -0.139. The second-order valence-corrected chi connectivity index (χ2v) is 8.29. The lowest BCUT2D eigenvalue weighted by atomic mass is 10.0. The predicted octanol–water partition coefficient (Wildman–Crippen LogP) is 8.89. The van der Waals surface area contributed by atoms with Crippen LogP contribution in [0.3, 0.4) is 0 Å². The van der Waals surface area contributed by atoms with Crippen molar-refractivity contribution in [1.29, 1.82) is 0 Å². The molecule has 0 atom stereocenters. The molecule has 0 unspecified atom stereocenters. The lowest BCUT2D eigenvalue weighted by Crippen LogP contribution is -2.01. The van der Waals surface area contributed by atoms with Crippen LogP contribution in [-0.4, -0.2) is 5.97 Å². The zero-order chi connectivity index (χ0) is 20.0. The number of carbonyl (C=O) groups is 1. The molecule has 0 aromatic carbocycles. The summed E-state index contributed by atoms with van der Waals surface area (Å²) in [6.07, 6.45) is 26.6. The number of rotatable bonds is 21. The lowest BCUT2D eigenvalue weighted by Gasteiger charge is -2.04. The Morgan fingerprint density at radius 2 is 0.889 bits per heavy atom. The van der Waals surface area contributed by atoms with Gasteiger partial charge in [0.2, 0.25) is 0 Å². The molecule has 0 rings (SSSR count). The molecule has 0 saturated heterocycles. The Kier molecular flexibility index (Phi) is 20.9. The van der Waals surface area contributed by atoms with E-state index in [1.165, 1.54) is 109 Å². The molecule has 0 amide bonds. The standard InChI is InChI=1S/C25H48O2/c1-4-5-6-7-8-9-10-11-12-13-14-15-16-17-18-19-20-21-22-23-25(26)27-24(2)3/h2,4-23H2,1,3H3. The van der Waals surface area contributed by atoms with Gasteiger partial charge in [0.1, 0.15) is 0 Å². The number of carbonyl (C=O) groups excluding carboxylic acids is 1. The van der Waals surface area contributed by atoms with Crippen LogP contribution in [0.25, 0.3) is 0 Å². The first-order valence-corrected chi connectivity index (χ1v) is 12.0. The first kappa shape index (κ1) is 26.2. The molecule has 0 aromatic heterocycles. The number of allylic oxidation sites excluding steroid dienone is 1. The van der Waals surface area contributed by atoms with Crippen molar-refractivity contribution in [3.8, 4) is 0 Å². The van der Waals surface area contributed by atoms with Crippen LogP contribution in [-0.2, 0) is 9.53 Å². The van der Waals surface area contributed by atoms with E-state index in [0.29, 0.717) is 12.2 Å². The predicted molar refractivity (Wildman–Crippen MR) is 119 cm³/mol. The third-order valence-corrected chi connectivity index (χ3v) is 5.27. The molecule has 0 saturated carbocycles. The Labute approximate surface area is 170 Å². The highest BCUT2D eigenvalue weighted by molar-refractivity contribution is 5.70. The molecular formula is C25H48O2. The highest BCUT2D eigenvalue weighted by atomic mass is 16.5. The maximum absolute atomic E-state index is 11.4. The van der Waals surface area contributed by atoms with Crippen molar-refractivity contribution in [3.63, 3.8) is 0 Å². The van der Waals surface area contributed by atoms with Gasteiger partial charge in [0, 0.05) is 6.42 Å². The molecule has 27 heavy (non-hydrogen) atoms. The van der Waals surface area contributed by atoms with Crippen molar-refractivity contribution in [2.45, 2.75) is 142 Å². The molecule has 2 nitrogen and oxygen atoms in total. The van der Waals surface area contributed by atoms with Gasteiger partial charge in [-0.25, -0.2) is 0 Å². The fraction of sp³-hybridized carbons (Fsp3) is 0.880. The highest BCUT2D eigenvalue weighted by Gasteiger charge is 2.02. The molecule has 0 radical (unpaired) electrons. The molecule has 0 aliphatic rings. The van der Waals surface area contributed by atoms with Crippen LogP contribution in [0.4, 0.5) is 0 Å². The summed E-state index contributed by atoms with van der Waals surface area (Å²) in [7, 11) is 0. The number of unbranched alkanes of at least 4 members (excludes halogenated alkanes) is 18. The quantitative estimate of drug-likeness (QED) is 0.113. The Hall–Kier alpha value is -0.790. The van der Waals surface area contributed by atoms with Crippen molar-refractivity contribution in [1.82, 2.24) is 0 Å². The normalized spacial score (nSPS) is 10.9. The molecule has 0 aromatic rings. The fourth-order valence-corrected chi connectivity index (χ4v) is 3.59. The molecule has 0 aliphatic heterocycles. The monoisotopic (exact) mass is 380 g/mol. The van der Waals surface area contributed by atoms with Gasteiger partial charge < -0.3 is 4.74 Å². The molecule has 0 fully saturated rings. The summed E-state index contributed by atoms with van der Waals surface area (Å²) in [6, 6.07) is 0. The summed E-state index contributed by atoms with van der Waals surface area (Å²) >= 11 is 0. The SMILES string of the molecule is C=C(C)OC(=O)CCCCCCCCCCCCCCCCCCCCC. The van der Waals surface area contributed by atoms with Gasteiger partial charge in [0.25, 0.3) is 0 Å². The summed E-state index contributed by atoms with van der Waals surface area (Å²) in [4.78, 5) is 11.4. The summed E-state index contributed by atoms with van der Waals surface area (Å²) < 4.78 is 4.95. The molecular weight excluding hydrogens is 332 g/mol. The van der Waals surface area contributed by atoms with Gasteiger partial charge in [0.05, 0.1) is 5.76 Å². The van der Waals surface area contributed by atoms with Crippen LogP contribution in [0.1, 0.15) is 142 Å². The smallest absolute Gasteiger partial charge is 0.310 e. The number of esters is 1. The first-order chi connectivity index (χ1) is 13.2. The molecule has 0 heterocycles. The average molecular weight is 381 g/mol. The Morgan fingerprint density at radius 1 is 0.593 bits per heavy atom. The van der Waals surface area contributed by atoms with Gasteiger partial charge in [-0.3, -0.25) is 4.79 Å². The van der Waals surface area contributed by atoms with E-state index in [-0.39, 0.29) is 5.97 Å².